The predicted molar refractivity (Wildman–Crippen MR) is 70.6 cm³/mol. The number of methoxy groups -OCH3 is 1. The van der Waals surface area contributed by atoms with E-state index in [1.807, 2.05) is 0 Å². The fraction of sp³-hybridized carbons (Fsp3) is 1.00. The van der Waals surface area contributed by atoms with Crippen molar-refractivity contribution in [3.63, 3.8) is 0 Å². The van der Waals surface area contributed by atoms with Crippen LogP contribution in [0.5, 0.6) is 0 Å². The van der Waals surface area contributed by atoms with Crippen LogP contribution in [0.25, 0.3) is 0 Å². The number of hydrogen-bond acceptors (Lipinski definition) is 9. The van der Waals surface area contributed by atoms with E-state index in [-0.39, 0.29) is 6.42 Å². The van der Waals surface area contributed by atoms with E-state index in [1.54, 1.807) is 6.92 Å². The summed E-state index contributed by atoms with van der Waals surface area (Å²) in [6.45, 7) is 1.14. The SMILES string of the molecule is CO[C@@H]1C[C@H](O)O[C@H](C)[C@@H]1O[C@@H]1O[C@H](CO)[C@@H](O)[C@H](O)[C@H]1O. The van der Waals surface area contributed by atoms with Crippen LogP contribution in [0.4, 0.5) is 0 Å². The Hall–Kier alpha value is -0.360. The van der Waals surface area contributed by atoms with Gasteiger partial charge < -0.3 is 44.5 Å². The molecule has 2 aliphatic rings. The van der Waals surface area contributed by atoms with Crippen LogP contribution < -0.4 is 0 Å². The molecule has 2 fully saturated rings. The first-order valence-corrected chi connectivity index (χ1v) is 7.21. The molecule has 0 radical (unpaired) electrons. The second-order valence-corrected chi connectivity index (χ2v) is 5.60. The highest BCUT2D eigenvalue weighted by molar-refractivity contribution is 4.91. The minimum Gasteiger partial charge on any atom is -0.394 e. The van der Waals surface area contributed by atoms with E-state index in [2.05, 4.69) is 0 Å². The lowest BCUT2D eigenvalue weighted by Gasteiger charge is -2.44. The van der Waals surface area contributed by atoms with Crippen molar-refractivity contribution in [3.8, 4) is 0 Å². The minimum atomic E-state index is -1.51. The molecule has 0 aromatic heterocycles. The summed E-state index contributed by atoms with van der Waals surface area (Å²) in [6.07, 6.45) is -9.24. The Morgan fingerprint density at radius 3 is 2.32 bits per heavy atom. The summed E-state index contributed by atoms with van der Waals surface area (Å²) in [5.74, 6) is 0. The quantitative estimate of drug-likeness (QED) is 0.374. The average Bonchev–Trinajstić information content (AvgIpc) is 2.49. The summed E-state index contributed by atoms with van der Waals surface area (Å²) in [6, 6.07) is 0. The molecule has 5 N–H and O–H groups in total. The van der Waals surface area contributed by atoms with Gasteiger partial charge in [0.1, 0.15) is 30.5 Å². The third-order valence-corrected chi connectivity index (χ3v) is 4.08. The van der Waals surface area contributed by atoms with Crippen LogP contribution in [0, 0.1) is 0 Å². The molecule has 2 heterocycles. The molecular formula is C13H24O9. The molecule has 0 aromatic rings. The third-order valence-electron chi connectivity index (χ3n) is 4.08. The smallest absolute Gasteiger partial charge is 0.187 e. The van der Waals surface area contributed by atoms with Crippen molar-refractivity contribution in [1.82, 2.24) is 0 Å². The Balaban J connectivity index is 2.07. The molecule has 0 spiro atoms. The molecule has 130 valence electrons. The molecule has 0 unspecified atom stereocenters. The van der Waals surface area contributed by atoms with E-state index in [9.17, 15) is 20.4 Å². The van der Waals surface area contributed by atoms with Crippen molar-refractivity contribution in [1.29, 1.82) is 0 Å². The topological polar surface area (TPSA) is 138 Å². The van der Waals surface area contributed by atoms with Gasteiger partial charge in [0.05, 0.1) is 18.8 Å². The van der Waals surface area contributed by atoms with Gasteiger partial charge in [0.2, 0.25) is 0 Å². The normalized spacial score (nSPS) is 50.0. The molecule has 0 aromatic carbocycles. The molecule has 0 amide bonds. The second-order valence-electron chi connectivity index (χ2n) is 5.60. The average molecular weight is 324 g/mol. The van der Waals surface area contributed by atoms with Crippen LogP contribution in [-0.4, -0.2) is 94.6 Å². The molecule has 0 saturated carbocycles. The molecule has 9 heteroatoms. The van der Waals surface area contributed by atoms with E-state index in [0.29, 0.717) is 0 Å². The van der Waals surface area contributed by atoms with Gasteiger partial charge in [-0.15, -0.1) is 0 Å². The van der Waals surface area contributed by atoms with Crippen LogP contribution in [0.1, 0.15) is 13.3 Å². The highest BCUT2D eigenvalue weighted by Gasteiger charge is 2.47. The Labute approximate surface area is 128 Å². The number of ether oxygens (including phenoxy) is 4. The first-order valence-electron chi connectivity index (χ1n) is 7.21. The second kappa shape index (κ2) is 7.47. The maximum Gasteiger partial charge on any atom is 0.187 e. The third kappa shape index (κ3) is 3.58. The van der Waals surface area contributed by atoms with Crippen LogP contribution >= 0.6 is 0 Å². The molecule has 0 aliphatic carbocycles. The summed E-state index contributed by atoms with van der Waals surface area (Å²) >= 11 is 0. The molecule has 9 atom stereocenters. The predicted octanol–water partition coefficient (Wildman–Crippen LogP) is -2.69. The lowest BCUT2D eigenvalue weighted by molar-refractivity contribution is -0.340. The van der Waals surface area contributed by atoms with Crippen molar-refractivity contribution < 1.29 is 44.5 Å². The summed E-state index contributed by atoms with van der Waals surface area (Å²) in [4.78, 5) is 0. The molecule has 22 heavy (non-hydrogen) atoms. The zero-order valence-corrected chi connectivity index (χ0v) is 12.5. The highest BCUT2D eigenvalue weighted by Crippen LogP contribution is 2.29. The molecular weight excluding hydrogens is 300 g/mol. The van der Waals surface area contributed by atoms with Crippen molar-refractivity contribution >= 4 is 0 Å². The maximum absolute atomic E-state index is 9.98. The first-order chi connectivity index (χ1) is 10.4. The molecule has 0 bridgehead atoms. The largest absolute Gasteiger partial charge is 0.394 e. The Morgan fingerprint density at radius 2 is 1.73 bits per heavy atom. The Morgan fingerprint density at radius 1 is 1.05 bits per heavy atom. The first kappa shape index (κ1) is 18.0. The van der Waals surface area contributed by atoms with Gasteiger partial charge in [0.25, 0.3) is 0 Å². The number of aliphatic hydroxyl groups is 5. The van der Waals surface area contributed by atoms with Crippen molar-refractivity contribution in [2.24, 2.45) is 0 Å². The van der Waals surface area contributed by atoms with Gasteiger partial charge in [-0.05, 0) is 6.92 Å². The van der Waals surface area contributed by atoms with Gasteiger partial charge in [-0.25, -0.2) is 0 Å². The molecule has 9 nitrogen and oxygen atoms in total. The number of aliphatic hydroxyl groups excluding tert-OH is 5. The fourth-order valence-corrected chi connectivity index (χ4v) is 2.78. The Kier molecular flexibility index (Phi) is 6.11. The van der Waals surface area contributed by atoms with Gasteiger partial charge in [-0.3, -0.25) is 0 Å². The van der Waals surface area contributed by atoms with Gasteiger partial charge in [0.15, 0.2) is 12.6 Å². The van der Waals surface area contributed by atoms with E-state index in [0.717, 1.165) is 0 Å². The lowest BCUT2D eigenvalue weighted by Crippen LogP contribution is -2.61. The van der Waals surface area contributed by atoms with Gasteiger partial charge in [0, 0.05) is 13.5 Å². The standard InChI is InChI=1S/C13H24O9/c1-5-12(6(19-2)3-8(15)20-5)22-13-11(18)10(17)9(16)7(4-14)21-13/h5-18H,3-4H2,1-2H3/t5-,6-,7-,8-,9-,10+,11-,12+,13+/m1/s1. The van der Waals surface area contributed by atoms with Crippen molar-refractivity contribution in [2.45, 2.75) is 68.7 Å². The zero-order valence-electron chi connectivity index (χ0n) is 12.5. The van der Waals surface area contributed by atoms with E-state index >= 15 is 0 Å². The van der Waals surface area contributed by atoms with E-state index in [1.165, 1.54) is 7.11 Å². The summed E-state index contributed by atoms with van der Waals surface area (Å²) in [7, 11) is 1.46. The lowest BCUT2D eigenvalue weighted by atomic mass is 9.98. The van der Waals surface area contributed by atoms with Crippen LogP contribution in [-0.2, 0) is 18.9 Å². The number of rotatable bonds is 4. The van der Waals surface area contributed by atoms with E-state index in [4.69, 9.17) is 24.1 Å². The summed E-state index contributed by atoms with van der Waals surface area (Å²) < 4.78 is 21.5. The minimum absolute atomic E-state index is 0.183. The van der Waals surface area contributed by atoms with Gasteiger partial charge >= 0.3 is 0 Å². The fourth-order valence-electron chi connectivity index (χ4n) is 2.78. The van der Waals surface area contributed by atoms with Crippen LogP contribution in [0.2, 0.25) is 0 Å². The molecule has 2 aliphatic heterocycles. The Bertz CT molecular complexity index is 352. The summed E-state index contributed by atoms with van der Waals surface area (Å²) in [5.41, 5.74) is 0. The zero-order chi connectivity index (χ0) is 16.4. The van der Waals surface area contributed by atoms with Gasteiger partial charge in [-0.2, -0.15) is 0 Å². The highest BCUT2D eigenvalue weighted by atomic mass is 16.7. The monoisotopic (exact) mass is 324 g/mol. The van der Waals surface area contributed by atoms with Gasteiger partial charge in [-0.1, -0.05) is 0 Å². The van der Waals surface area contributed by atoms with E-state index < -0.39 is 61.9 Å². The molecule has 2 saturated heterocycles. The maximum atomic E-state index is 9.98. The van der Waals surface area contributed by atoms with Crippen LogP contribution in [0.15, 0.2) is 0 Å². The molecule has 2 rings (SSSR count). The summed E-state index contributed by atoms with van der Waals surface area (Å²) in [5, 5.41) is 48.2. The van der Waals surface area contributed by atoms with Crippen molar-refractivity contribution in [3.05, 3.63) is 0 Å². The van der Waals surface area contributed by atoms with Crippen LogP contribution in [0.3, 0.4) is 0 Å². The van der Waals surface area contributed by atoms with Crippen molar-refractivity contribution in [2.75, 3.05) is 13.7 Å². The number of hydrogen-bond donors (Lipinski definition) is 5.